The summed E-state index contributed by atoms with van der Waals surface area (Å²) in [7, 11) is 0. The fourth-order valence-electron chi connectivity index (χ4n) is 21.0. The van der Waals surface area contributed by atoms with Gasteiger partial charge in [0.15, 0.2) is 28.3 Å². The Kier molecular flexibility index (Phi) is 38.1. The van der Waals surface area contributed by atoms with Crippen LogP contribution in [-0.2, 0) is 92.6 Å². The first kappa shape index (κ1) is 99.7. The molecule has 12 aliphatic rings. The SMILES string of the molecule is CC(C)(C)C1CCC(NC(=O)[C@@H]2C[C@@H](O)CN2CC2CCOCC2)CC1.CC(C)(C)Cc1cc(CC(=O)[C@@H]2C[C@@H](O)CN2CC2CCOCC2)on1.CCCc1cc(CC(=O)[C@@H]2C[C@@H](O)CN2CC2CCOCC2)on1.O=C(Cc1nc(-c2ccccc2)ns1)[C@@H]1C[C@@H](O)CN1CC1CCOCC1.O=C(Nc1nc2c(s1)CCCC2)[C@@H]1C[C@@H](O)CN1CC1CCOCC1. The summed E-state index contributed by atoms with van der Waals surface area (Å²) >= 11 is 2.91. The molecular weight excluding hydrogens is 1670 g/mol. The molecule has 1 saturated carbocycles. The monoisotopic (exact) mass is 1820 g/mol. The highest BCUT2D eigenvalue weighted by molar-refractivity contribution is 7.15. The second-order valence-corrected chi connectivity index (χ2v) is 42.9. The van der Waals surface area contributed by atoms with Crippen LogP contribution >= 0.6 is 22.9 Å². The van der Waals surface area contributed by atoms with E-state index in [4.69, 9.17) is 32.7 Å². The predicted octanol–water partition coefficient (Wildman–Crippen LogP) is 10.4. The van der Waals surface area contributed by atoms with Gasteiger partial charge in [-0.25, -0.2) is 9.97 Å². The molecule has 0 radical (unpaired) electrons. The number of carbonyl (C=O) groups is 5. The van der Waals surface area contributed by atoms with Gasteiger partial charge >= 0.3 is 0 Å². The number of ether oxygens (including phenoxy) is 5. The zero-order valence-corrected chi connectivity index (χ0v) is 79.1. The van der Waals surface area contributed by atoms with Crippen molar-refractivity contribution in [2.24, 2.45) is 46.3 Å². The van der Waals surface area contributed by atoms with Gasteiger partial charge in [0, 0.05) is 160 Å². The fraction of sp³-hybridized carbons (Fsp3) is 0.773. The molecule has 2 aliphatic carbocycles. The third-order valence-corrected chi connectivity index (χ3v) is 29.9. The first-order chi connectivity index (χ1) is 61.6. The molecule has 10 saturated heterocycles. The second kappa shape index (κ2) is 48.9. The number of anilines is 1. The summed E-state index contributed by atoms with van der Waals surface area (Å²) in [6.07, 6.45) is 23.6. The van der Waals surface area contributed by atoms with E-state index in [1.165, 1.54) is 42.1 Å². The van der Waals surface area contributed by atoms with Crippen molar-refractivity contribution in [2.75, 3.05) is 137 Å². The first-order valence-electron chi connectivity index (χ1n) is 48.6. The summed E-state index contributed by atoms with van der Waals surface area (Å²) in [4.78, 5) is 85.5. The number of aryl methyl sites for hydroxylation is 3. The van der Waals surface area contributed by atoms with Gasteiger partial charge in [0.1, 0.15) is 16.5 Å². The number of aliphatic hydroxyl groups excluding tert-OH is 5. The lowest BCUT2D eigenvalue weighted by molar-refractivity contribution is -0.127. The summed E-state index contributed by atoms with van der Waals surface area (Å²) in [5, 5.41) is 66.4. The number of nitrogens with zero attached hydrogens (tertiary/aromatic N) is 10. The van der Waals surface area contributed by atoms with Crippen LogP contribution in [-0.4, -0.2) is 302 Å². The minimum absolute atomic E-state index is 0.0188. The minimum Gasteiger partial charge on any atom is -0.392 e. The Labute approximate surface area is 766 Å². The zero-order chi connectivity index (χ0) is 90.3. The molecule has 29 nitrogen and oxygen atoms in total. The fourth-order valence-corrected chi connectivity index (χ4v) is 22.7. The molecule has 1 aromatic carbocycles. The van der Waals surface area contributed by atoms with Crippen molar-refractivity contribution in [3.8, 4) is 11.4 Å². The third kappa shape index (κ3) is 30.6. The average Bonchev–Trinajstić information content (AvgIpc) is 1.55. The van der Waals surface area contributed by atoms with Crippen molar-refractivity contribution < 1.29 is 82.2 Å². The van der Waals surface area contributed by atoms with E-state index < -0.39 is 24.4 Å². The van der Waals surface area contributed by atoms with Crippen molar-refractivity contribution in [3.63, 3.8) is 0 Å². The lowest BCUT2D eigenvalue weighted by Crippen LogP contribution is -2.49. The molecule has 0 unspecified atom stereocenters. The van der Waals surface area contributed by atoms with Gasteiger partial charge in [0.05, 0.1) is 97.1 Å². The number of likely N-dealkylation sites (tertiary alicyclic amines) is 5. The number of fused-ring (bicyclic) bond motifs is 1. The Morgan fingerprint density at radius 2 is 0.859 bits per heavy atom. The quantitative estimate of drug-likeness (QED) is 0.0257. The molecular formula is C97H150N12O17S2. The van der Waals surface area contributed by atoms with Gasteiger partial charge in [0.2, 0.25) is 11.8 Å². The molecule has 7 N–H and O–H groups in total. The maximum Gasteiger partial charge on any atom is 0.243 e. The number of rotatable bonds is 27. The number of ketones is 3. The number of aliphatic hydroxyl groups is 5. The topological polar surface area (TPSA) is 364 Å². The lowest BCUT2D eigenvalue weighted by atomic mass is 9.71. The summed E-state index contributed by atoms with van der Waals surface area (Å²) < 4.78 is 42.2. The Balaban J connectivity index is 0.000000137. The lowest BCUT2D eigenvalue weighted by Gasteiger charge is -2.38. The largest absolute Gasteiger partial charge is 0.392 e. The van der Waals surface area contributed by atoms with Crippen LogP contribution in [0, 0.1) is 46.3 Å². The van der Waals surface area contributed by atoms with Crippen LogP contribution in [0.15, 0.2) is 51.5 Å². The van der Waals surface area contributed by atoms with Crippen molar-refractivity contribution >= 4 is 57.2 Å². The highest BCUT2D eigenvalue weighted by Gasteiger charge is 2.44. The Bertz CT molecular complexity index is 4170. The Morgan fingerprint density at radius 1 is 0.469 bits per heavy atom. The molecule has 11 fully saturated rings. The third-order valence-electron chi connectivity index (χ3n) is 28.1. The summed E-state index contributed by atoms with van der Waals surface area (Å²) in [5.74, 6) is 5.98. The van der Waals surface area contributed by atoms with Crippen LogP contribution in [0.4, 0.5) is 5.13 Å². The number of hydrogen-bond donors (Lipinski definition) is 7. The van der Waals surface area contributed by atoms with Crippen molar-refractivity contribution in [2.45, 2.75) is 301 Å². The van der Waals surface area contributed by atoms with Crippen molar-refractivity contribution in [1.82, 2.24) is 54.5 Å². The van der Waals surface area contributed by atoms with Crippen LogP contribution < -0.4 is 10.6 Å². The molecule has 2 amide bonds. The number of thiazole rings is 1. The van der Waals surface area contributed by atoms with Crippen LogP contribution in [0.3, 0.4) is 0 Å². The Morgan fingerprint density at radius 3 is 1.27 bits per heavy atom. The summed E-state index contributed by atoms with van der Waals surface area (Å²) in [6.45, 7) is 30.9. The molecule has 17 rings (SSSR count). The van der Waals surface area contributed by atoms with E-state index in [0.717, 1.165) is 247 Å². The molecule has 128 heavy (non-hydrogen) atoms. The molecule has 4 aromatic heterocycles. The van der Waals surface area contributed by atoms with E-state index in [-0.39, 0.29) is 90.2 Å². The molecule has 0 bridgehead atoms. The number of benzene rings is 1. The molecule has 31 heteroatoms. The number of aromatic nitrogens is 5. The molecule has 0 spiro atoms. The average molecular weight is 1820 g/mol. The minimum atomic E-state index is -0.423. The summed E-state index contributed by atoms with van der Waals surface area (Å²) in [5.41, 5.74) is 4.43. The van der Waals surface area contributed by atoms with Crippen LogP contribution in [0.5, 0.6) is 0 Å². The molecule has 10 aliphatic heterocycles. The number of nitrogens with one attached hydrogen (secondary N) is 2. The number of β-amino-alcohol motifs (C(OH)–C–C–N with tert-alkyl or cyclic N) is 5. The van der Waals surface area contributed by atoms with Crippen LogP contribution in [0.2, 0.25) is 0 Å². The van der Waals surface area contributed by atoms with Crippen LogP contribution in [0.25, 0.3) is 11.4 Å². The van der Waals surface area contributed by atoms with E-state index in [1.807, 2.05) is 42.5 Å². The van der Waals surface area contributed by atoms with Gasteiger partial charge in [-0.3, -0.25) is 48.5 Å². The zero-order valence-electron chi connectivity index (χ0n) is 77.4. The number of hydrogen-bond acceptors (Lipinski definition) is 29. The van der Waals surface area contributed by atoms with Crippen molar-refractivity contribution in [3.05, 3.63) is 81.0 Å². The maximum absolute atomic E-state index is 12.9. The molecule has 712 valence electrons. The standard InChI is InChI=1S/C21H38N2O3.C20H25N3O3S.C20H32N2O4.C18H27N3O3S.C18H28N2O4/c1-21(2,3)16-4-6-17(7-5-16)22-20(25)19-12-18(24)14-23(19)13-15-8-10-26-11-9-15;24-16-10-17(23(13-16)12-14-6-8-26-9-7-14)18(25)11-19-21-20(22-27-19)15-4-2-1-3-5-15;1-20(2,3)11-15-8-17(26-21-15)10-19(24)18-9-16(23)13-22(18)12-14-4-6-25-7-5-14;22-13-9-15(21(11-13)10-12-5-7-24-8-6-12)17(23)20-18-19-14-3-1-2-4-16(14)25-18;1-2-3-14-8-16(24-19-14)10-18(22)17-9-15(21)12-20(17)11-13-4-6-23-7-5-13/h15-19,24H,4-14H2,1-3H3,(H,22,25);1-5,14,16-17,24H,6-13H2;8,14,16,18,23H,4-7,9-13H2,1-3H3;12-13,15,22H,1-11H2,(H,19,20,23);8,13,15,17,21H,2-7,9-12H2,1H3/t16?,17?,18-,19+;16-,17+;16-,18+;13-,15+;15-,17+/m11111/s1. The summed E-state index contributed by atoms with van der Waals surface area (Å²) in [6, 6.07) is 12.8. The smallest absolute Gasteiger partial charge is 0.243 e. The van der Waals surface area contributed by atoms with Gasteiger partial charge in [0.25, 0.3) is 0 Å². The molecule has 5 aromatic rings. The van der Waals surface area contributed by atoms with Gasteiger partial charge in [-0.15, -0.1) is 11.3 Å². The predicted molar refractivity (Wildman–Crippen MR) is 490 cm³/mol. The number of carbonyl (C=O) groups excluding carboxylic acids is 5. The van der Waals surface area contributed by atoms with Gasteiger partial charge in [-0.05, 0) is 218 Å². The first-order valence-corrected chi connectivity index (χ1v) is 50.2. The second-order valence-electron chi connectivity index (χ2n) is 40.9. The van der Waals surface area contributed by atoms with E-state index in [9.17, 15) is 49.5 Å². The van der Waals surface area contributed by atoms with E-state index in [0.29, 0.717) is 123 Å². The number of Topliss-reactive ketones (excluding diaryl/α,β-unsaturated/α-hetero) is 3. The highest BCUT2D eigenvalue weighted by Crippen LogP contribution is 2.40. The van der Waals surface area contributed by atoms with Gasteiger partial charge < -0.3 is 68.9 Å². The Hall–Kier alpha value is -5.82. The van der Waals surface area contributed by atoms with Gasteiger partial charge in [-0.1, -0.05) is 95.5 Å². The highest BCUT2D eigenvalue weighted by atomic mass is 32.1. The van der Waals surface area contributed by atoms with E-state index in [1.54, 1.807) is 11.3 Å². The van der Waals surface area contributed by atoms with E-state index in [2.05, 4.69) is 108 Å². The molecule has 10 atom stereocenters. The van der Waals surface area contributed by atoms with E-state index >= 15 is 0 Å². The molecule has 14 heterocycles. The van der Waals surface area contributed by atoms with Crippen molar-refractivity contribution in [1.29, 1.82) is 0 Å². The normalized spacial score (nSPS) is 27.8. The number of amides is 2. The van der Waals surface area contributed by atoms with Crippen LogP contribution in [0.1, 0.15) is 228 Å². The maximum atomic E-state index is 12.9. The van der Waals surface area contributed by atoms with Gasteiger partial charge in [-0.2, -0.15) is 4.37 Å².